The summed E-state index contributed by atoms with van der Waals surface area (Å²) < 4.78 is 5.10. The third-order valence-electron chi connectivity index (χ3n) is 4.29. The van der Waals surface area contributed by atoms with Crippen LogP contribution in [-0.2, 0) is 4.74 Å². The molecule has 0 aromatic rings. The Balaban J connectivity index is 2.69. The largest absolute Gasteiger partial charge is 0.444 e. The lowest BCUT2D eigenvalue weighted by molar-refractivity contribution is -0.0821. The molecule has 7 heteroatoms. The predicted octanol–water partition coefficient (Wildman–Crippen LogP) is 2.36. The Morgan fingerprint density at radius 2 is 1.81 bits per heavy atom. The number of urea groups is 1. The number of primary amides is 2. The van der Waals surface area contributed by atoms with Crippen LogP contribution in [-0.4, -0.2) is 34.5 Å². The maximum atomic E-state index is 11.1. The summed E-state index contributed by atoms with van der Waals surface area (Å²) in [6.45, 7) is 3.83. The van der Waals surface area contributed by atoms with Gasteiger partial charge in [0.2, 0.25) is 0 Å². The van der Waals surface area contributed by atoms with Crippen molar-refractivity contribution in [2.24, 2.45) is 16.9 Å². The summed E-state index contributed by atoms with van der Waals surface area (Å²) in [5.41, 5.74) is 9.34. The molecule has 0 bridgehead atoms. The van der Waals surface area contributed by atoms with Gasteiger partial charge in [0.15, 0.2) is 0 Å². The van der Waals surface area contributed by atoms with E-state index in [4.69, 9.17) is 16.2 Å². The van der Waals surface area contributed by atoms with Gasteiger partial charge in [-0.1, -0.05) is 19.3 Å². The Hall–Kier alpha value is -1.50. The van der Waals surface area contributed by atoms with Crippen LogP contribution in [0.2, 0.25) is 0 Å². The van der Waals surface area contributed by atoms with E-state index < -0.39 is 17.7 Å². The number of ether oxygens (including phenoxy) is 1. The molecule has 0 radical (unpaired) electrons. The van der Waals surface area contributed by atoms with Crippen LogP contribution in [0.5, 0.6) is 0 Å². The molecule has 122 valence electrons. The van der Waals surface area contributed by atoms with Crippen molar-refractivity contribution in [3.8, 4) is 0 Å². The summed E-state index contributed by atoms with van der Waals surface area (Å²) in [6.07, 6.45) is 5.67. The van der Waals surface area contributed by atoms with Gasteiger partial charge >= 0.3 is 12.1 Å². The van der Waals surface area contributed by atoms with Gasteiger partial charge < -0.3 is 16.2 Å². The second kappa shape index (κ2) is 6.98. The lowest BCUT2D eigenvalue weighted by atomic mass is 9.70. The summed E-state index contributed by atoms with van der Waals surface area (Å²) in [5.74, 6) is 0. The molecule has 0 aromatic heterocycles. The molecule has 3 amide bonds. The monoisotopic (exact) mass is 301 g/mol. The van der Waals surface area contributed by atoms with Crippen molar-refractivity contribution in [2.45, 2.75) is 64.4 Å². The SMILES string of the molecule is CC(C)(CCC1(CN(O)C(N)=O)CCCCC1)OC(N)=O. The number of carbonyl (C=O) groups excluding carboxylic acids is 2. The van der Waals surface area contributed by atoms with Crippen LogP contribution < -0.4 is 11.5 Å². The Kier molecular flexibility index (Phi) is 5.83. The minimum absolute atomic E-state index is 0.180. The highest BCUT2D eigenvalue weighted by atomic mass is 16.6. The van der Waals surface area contributed by atoms with Crippen LogP contribution in [0.3, 0.4) is 0 Å². The summed E-state index contributed by atoms with van der Waals surface area (Å²) >= 11 is 0. The molecule has 1 fully saturated rings. The normalized spacial score (nSPS) is 18.0. The maximum Gasteiger partial charge on any atom is 0.405 e. The lowest BCUT2D eigenvalue weighted by Crippen LogP contribution is -2.44. The highest BCUT2D eigenvalue weighted by Crippen LogP contribution is 2.42. The maximum absolute atomic E-state index is 11.1. The van der Waals surface area contributed by atoms with Gasteiger partial charge in [-0.15, -0.1) is 0 Å². The fraction of sp³-hybridized carbons (Fsp3) is 0.857. The van der Waals surface area contributed by atoms with Crippen molar-refractivity contribution in [2.75, 3.05) is 6.54 Å². The average Bonchev–Trinajstić information content (AvgIpc) is 2.36. The molecule has 0 atom stereocenters. The molecule has 0 heterocycles. The molecule has 1 aliphatic rings. The minimum atomic E-state index is -0.840. The Morgan fingerprint density at radius 1 is 1.24 bits per heavy atom. The van der Waals surface area contributed by atoms with Crippen molar-refractivity contribution < 1.29 is 19.5 Å². The molecular formula is C14H27N3O4. The number of hydrogen-bond acceptors (Lipinski definition) is 4. The van der Waals surface area contributed by atoms with Gasteiger partial charge in [-0.3, -0.25) is 5.21 Å². The topological polar surface area (TPSA) is 119 Å². The lowest BCUT2D eigenvalue weighted by Gasteiger charge is -2.40. The first-order valence-electron chi connectivity index (χ1n) is 7.40. The zero-order chi connectivity index (χ0) is 16.1. The van der Waals surface area contributed by atoms with E-state index >= 15 is 0 Å². The second-order valence-electron chi connectivity index (χ2n) is 6.64. The smallest absolute Gasteiger partial charge is 0.405 e. The first-order valence-corrected chi connectivity index (χ1v) is 7.40. The third-order valence-corrected chi connectivity index (χ3v) is 4.29. The summed E-state index contributed by atoms with van der Waals surface area (Å²) in [7, 11) is 0. The first-order chi connectivity index (χ1) is 9.66. The molecule has 1 saturated carbocycles. The predicted molar refractivity (Wildman–Crippen MR) is 77.6 cm³/mol. The highest BCUT2D eigenvalue weighted by Gasteiger charge is 2.37. The van der Waals surface area contributed by atoms with E-state index in [0.29, 0.717) is 11.5 Å². The van der Waals surface area contributed by atoms with E-state index in [-0.39, 0.29) is 12.0 Å². The quantitative estimate of drug-likeness (QED) is 0.515. The zero-order valence-electron chi connectivity index (χ0n) is 12.9. The van der Waals surface area contributed by atoms with Gasteiger partial charge in [-0.2, -0.15) is 0 Å². The second-order valence-corrected chi connectivity index (χ2v) is 6.64. The number of nitrogens with two attached hydrogens (primary N) is 2. The summed E-state index contributed by atoms with van der Waals surface area (Å²) in [4.78, 5) is 22.0. The number of carbonyl (C=O) groups is 2. The fourth-order valence-electron chi connectivity index (χ4n) is 3.07. The van der Waals surface area contributed by atoms with Crippen LogP contribution in [0.4, 0.5) is 9.59 Å². The first kappa shape index (κ1) is 17.6. The Morgan fingerprint density at radius 3 is 2.29 bits per heavy atom. The Labute approximate surface area is 125 Å². The molecule has 1 rings (SSSR count). The third kappa shape index (κ3) is 5.79. The van der Waals surface area contributed by atoms with Crippen LogP contribution >= 0.6 is 0 Å². The van der Waals surface area contributed by atoms with Crippen molar-refractivity contribution in [3.63, 3.8) is 0 Å². The van der Waals surface area contributed by atoms with Gasteiger partial charge in [0.25, 0.3) is 0 Å². The highest BCUT2D eigenvalue weighted by molar-refractivity contribution is 5.70. The van der Waals surface area contributed by atoms with Crippen molar-refractivity contribution in [1.82, 2.24) is 5.06 Å². The van der Waals surface area contributed by atoms with Crippen molar-refractivity contribution >= 4 is 12.1 Å². The average molecular weight is 301 g/mol. The van der Waals surface area contributed by atoms with E-state index in [2.05, 4.69) is 0 Å². The molecule has 21 heavy (non-hydrogen) atoms. The van der Waals surface area contributed by atoms with Crippen LogP contribution in [0.15, 0.2) is 0 Å². The standard InChI is InChI=1S/C14H27N3O4/c1-13(2,21-12(16)19)8-9-14(6-4-3-5-7-14)10-17(20)11(15)18/h20H,3-10H2,1-2H3,(H2,15,18)(H2,16,19). The van der Waals surface area contributed by atoms with Gasteiger partial charge in [0.1, 0.15) is 5.60 Å². The van der Waals surface area contributed by atoms with Gasteiger partial charge in [0, 0.05) is 0 Å². The number of hydroxylamine groups is 2. The van der Waals surface area contributed by atoms with Crippen LogP contribution in [0.1, 0.15) is 58.8 Å². The van der Waals surface area contributed by atoms with Crippen LogP contribution in [0.25, 0.3) is 0 Å². The van der Waals surface area contributed by atoms with Crippen molar-refractivity contribution in [3.05, 3.63) is 0 Å². The molecule has 0 aromatic carbocycles. The molecule has 5 N–H and O–H groups in total. The minimum Gasteiger partial charge on any atom is -0.444 e. The molecule has 0 saturated heterocycles. The molecular weight excluding hydrogens is 274 g/mol. The zero-order valence-corrected chi connectivity index (χ0v) is 12.9. The molecule has 0 aliphatic heterocycles. The Bertz CT molecular complexity index is 378. The number of nitrogens with zero attached hydrogens (tertiary/aromatic N) is 1. The van der Waals surface area contributed by atoms with Crippen LogP contribution in [0, 0.1) is 5.41 Å². The van der Waals surface area contributed by atoms with Gasteiger partial charge in [-0.25, -0.2) is 14.7 Å². The molecule has 0 unspecified atom stereocenters. The fourth-order valence-corrected chi connectivity index (χ4v) is 3.07. The summed E-state index contributed by atoms with van der Waals surface area (Å²) in [6, 6.07) is -0.840. The van der Waals surface area contributed by atoms with E-state index in [0.717, 1.165) is 38.5 Å². The molecule has 7 nitrogen and oxygen atoms in total. The number of hydrogen-bond donors (Lipinski definition) is 3. The van der Waals surface area contributed by atoms with Gasteiger partial charge in [0.05, 0.1) is 6.54 Å². The van der Waals surface area contributed by atoms with Crippen molar-refractivity contribution in [1.29, 1.82) is 0 Å². The van der Waals surface area contributed by atoms with E-state index in [9.17, 15) is 14.8 Å². The number of rotatable bonds is 6. The number of amides is 3. The summed E-state index contributed by atoms with van der Waals surface area (Å²) in [5, 5.41) is 10.3. The van der Waals surface area contributed by atoms with E-state index in [1.165, 1.54) is 0 Å². The van der Waals surface area contributed by atoms with E-state index in [1.54, 1.807) is 13.8 Å². The molecule has 0 spiro atoms. The van der Waals surface area contributed by atoms with E-state index in [1.807, 2.05) is 0 Å². The van der Waals surface area contributed by atoms with Gasteiger partial charge in [-0.05, 0) is 44.9 Å². The molecule has 1 aliphatic carbocycles.